The van der Waals surface area contributed by atoms with Gasteiger partial charge in [0.25, 0.3) is 0 Å². The molecular weight excluding hydrogens is 280 g/mol. The second-order valence-corrected chi connectivity index (χ2v) is 5.68. The molecule has 0 aliphatic carbocycles. The lowest BCUT2D eigenvalue weighted by molar-refractivity contribution is 0.0639. The summed E-state index contributed by atoms with van der Waals surface area (Å²) in [6.07, 6.45) is 1.19. The smallest absolute Gasteiger partial charge is 0.127 e. The molecule has 22 heavy (non-hydrogen) atoms. The van der Waals surface area contributed by atoms with Crippen LogP contribution in [-0.2, 0) is 0 Å². The lowest BCUT2D eigenvalue weighted by Crippen LogP contribution is -2.48. The molecule has 0 amide bonds. The molecule has 0 radical (unpaired) electrons. The summed E-state index contributed by atoms with van der Waals surface area (Å²) in [6.45, 7) is 7.53. The lowest BCUT2D eigenvalue weighted by atomic mass is 10.0. The van der Waals surface area contributed by atoms with Crippen LogP contribution in [0.1, 0.15) is 24.9 Å². The van der Waals surface area contributed by atoms with E-state index in [1.54, 1.807) is 14.2 Å². The normalized spacial score (nSPS) is 18.2. The molecule has 0 spiro atoms. The number of methoxy groups -OCH3 is 2. The maximum absolute atomic E-state index is 9.91. The van der Waals surface area contributed by atoms with Gasteiger partial charge in [0.05, 0.1) is 26.9 Å². The van der Waals surface area contributed by atoms with Gasteiger partial charge in [-0.2, -0.15) is 0 Å². The summed E-state index contributed by atoms with van der Waals surface area (Å²) in [4.78, 5) is 4.83. The van der Waals surface area contributed by atoms with Gasteiger partial charge in [-0.1, -0.05) is 6.92 Å². The van der Waals surface area contributed by atoms with Crippen molar-refractivity contribution in [2.75, 3.05) is 53.6 Å². The minimum atomic E-state index is -0.0235. The first-order chi connectivity index (χ1) is 10.7. The van der Waals surface area contributed by atoms with E-state index in [1.165, 1.54) is 6.42 Å². The predicted molar refractivity (Wildman–Crippen MR) is 87.7 cm³/mol. The summed E-state index contributed by atoms with van der Waals surface area (Å²) >= 11 is 0. The molecule has 0 bridgehead atoms. The van der Waals surface area contributed by atoms with Crippen molar-refractivity contribution in [3.8, 4) is 11.5 Å². The molecule has 1 unspecified atom stereocenters. The Morgan fingerprint density at radius 2 is 1.86 bits per heavy atom. The topological polar surface area (TPSA) is 45.2 Å². The minimum Gasteiger partial charge on any atom is -0.497 e. The van der Waals surface area contributed by atoms with E-state index in [0.717, 1.165) is 49.8 Å². The molecular formula is C17H28N2O3. The zero-order valence-electron chi connectivity index (χ0n) is 13.9. The molecule has 2 rings (SSSR count). The molecule has 0 aromatic heterocycles. The highest BCUT2D eigenvalue weighted by Crippen LogP contribution is 2.32. The summed E-state index contributed by atoms with van der Waals surface area (Å²) < 4.78 is 10.7. The fourth-order valence-electron chi connectivity index (χ4n) is 3.12. The van der Waals surface area contributed by atoms with Crippen LogP contribution in [0.4, 0.5) is 0 Å². The summed E-state index contributed by atoms with van der Waals surface area (Å²) in [6, 6.07) is 5.78. The monoisotopic (exact) mass is 308 g/mol. The Bertz CT molecular complexity index is 459. The number of piperazine rings is 1. The van der Waals surface area contributed by atoms with Crippen molar-refractivity contribution >= 4 is 0 Å². The van der Waals surface area contributed by atoms with Gasteiger partial charge < -0.3 is 19.5 Å². The molecule has 0 saturated carbocycles. The van der Waals surface area contributed by atoms with E-state index in [9.17, 15) is 5.11 Å². The molecule has 1 aliphatic heterocycles. The Hall–Kier alpha value is -1.30. The fraction of sp³-hybridized carbons (Fsp3) is 0.647. The lowest BCUT2D eigenvalue weighted by Gasteiger charge is -2.39. The van der Waals surface area contributed by atoms with E-state index in [4.69, 9.17) is 9.47 Å². The van der Waals surface area contributed by atoms with Crippen molar-refractivity contribution in [1.29, 1.82) is 0 Å². The number of nitrogens with zero attached hydrogens (tertiary/aromatic N) is 2. The number of hydrogen-bond donors (Lipinski definition) is 1. The van der Waals surface area contributed by atoms with Crippen LogP contribution in [0.3, 0.4) is 0 Å². The van der Waals surface area contributed by atoms with Crippen molar-refractivity contribution in [3.05, 3.63) is 23.8 Å². The van der Waals surface area contributed by atoms with Crippen molar-refractivity contribution in [3.63, 3.8) is 0 Å². The standard InChI is InChI=1S/C17H28N2O3/c1-4-7-18-8-10-19(11-9-18)16(13-20)15-6-5-14(21-2)12-17(15)22-3/h5-6,12,16,20H,4,7-11,13H2,1-3H3. The van der Waals surface area contributed by atoms with Gasteiger partial charge >= 0.3 is 0 Å². The van der Waals surface area contributed by atoms with Gasteiger partial charge in [0.1, 0.15) is 11.5 Å². The third-order valence-corrected chi connectivity index (χ3v) is 4.36. The van der Waals surface area contributed by atoms with Crippen LogP contribution < -0.4 is 9.47 Å². The Kier molecular flexibility index (Phi) is 6.49. The van der Waals surface area contributed by atoms with E-state index in [1.807, 2.05) is 18.2 Å². The summed E-state index contributed by atoms with van der Waals surface area (Å²) in [5.74, 6) is 1.54. The van der Waals surface area contributed by atoms with Gasteiger partial charge in [-0.15, -0.1) is 0 Å². The number of ether oxygens (including phenoxy) is 2. The first-order valence-corrected chi connectivity index (χ1v) is 8.02. The van der Waals surface area contributed by atoms with Crippen molar-refractivity contribution < 1.29 is 14.6 Å². The Balaban J connectivity index is 2.12. The molecule has 1 aromatic rings. The number of benzene rings is 1. The van der Waals surface area contributed by atoms with Gasteiger partial charge in [-0.3, -0.25) is 4.90 Å². The molecule has 1 heterocycles. The maximum Gasteiger partial charge on any atom is 0.127 e. The van der Waals surface area contributed by atoms with Gasteiger partial charge in [0, 0.05) is 37.8 Å². The molecule has 1 N–H and O–H groups in total. The highest BCUT2D eigenvalue weighted by atomic mass is 16.5. The van der Waals surface area contributed by atoms with E-state index in [-0.39, 0.29) is 12.6 Å². The predicted octanol–water partition coefficient (Wildman–Crippen LogP) is 1.76. The van der Waals surface area contributed by atoms with Gasteiger partial charge in [-0.25, -0.2) is 0 Å². The third-order valence-electron chi connectivity index (χ3n) is 4.36. The fourth-order valence-corrected chi connectivity index (χ4v) is 3.12. The largest absolute Gasteiger partial charge is 0.497 e. The zero-order chi connectivity index (χ0) is 15.9. The molecule has 124 valence electrons. The Morgan fingerprint density at radius 3 is 2.41 bits per heavy atom. The minimum absolute atomic E-state index is 0.0235. The number of hydrogen-bond acceptors (Lipinski definition) is 5. The van der Waals surface area contributed by atoms with Gasteiger partial charge in [-0.05, 0) is 25.1 Å². The second kappa shape index (κ2) is 8.36. The first kappa shape index (κ1) is 17.1. The van der Waals surface area contributed by atoms with Gasteiger partial charge in [0.15, 0.2) is 0 Å². The maximum atomic E-state index is 9.91. The molecule has 1 atom stereocenters. The zero-order valence-corrected chi connectivity index (χ0v) is 13.9. The number of aliphatic hydroxyl groups is 1. The summed E-state index contributed by atoms with van der Waals surface area (Å²) in [7, 11) is 3.30. The second-order valence-electron chi connectivity index (χ2n) is 5.68. The summed E-state index contributed by atoms with van der Waals surface area (Å²) in [5.41, 5.74) is 1.02. The van der Waals surface area contributed by atoms with Crippen molar-refractivity contribution in [2.45, 2.75) is 19.4 Å². The molecule has 5 nitrogen and oxygen atoms in total. The van der Waals surface area contributed by atoms with E-state index < -0.39 is 0 Å². The van der Waals surface area contributed by atoms with Gasteiger partial charge in [0.2, 0.25) is 0 Å². The molecule has 1 aliphatic rings. The first-order valence-electron chi connectivity index (χ1n) is 8.02. The van der Waals surface area contributed by atoms with Crippen LogP contribution in [0.2, 0.25) is 0 Å². The van der Waals surface area contributed by atoms with Crippen LogP contribution in [0.25, 0.3) is 0 Å². The molecule has 1 aromatic carbocycles. The van der Waals surface area contributed by atoms with Crippen LogP contribution >= 0.6 is 0 Å². The van der Waals surface area contributed by atoms with E-state index in [2.05, 4.69) is 16.7 Å². The van der Waals surface area contributed by atoms with Crippen LogP contribution in [-0.4, -0.2) is 68.5 Å². The molecule has 1 saturated heterocycles. The van der Waals surface area contributed by atoms with Crippen molar-refractivity contribution in [2.24, 2.45) is 0 Å². The van der Waals surface area contributed by atoms with E-state index >= 15 is 0 Å². The number of rotatable bonds is 7. The van der Waals surface area contributed by atoms with Crippen LogP contribution in [0.5, 0.6) is 11.5 Å². The average molecular weight is 308 g/mol. The third kappa shape index (κ3) is 3.91. The van der Waals surface area contributed by atoms with Crippen LogP contribution in [0.15, 0.2) is 18.2 Å². The highest BCUT2D eigenvalue weighted by molar-refractivity contribution is 5.42. The average Bonchev–Trinajstić information content (AvgIpc) is 2.57. The number of aliphatic hydroxyl groups excluding tert-OH is 1. The molecule has 1 fully saturated rings. The highest BCUT2D eigenvalue weighted by Gasteiger charge is 2.26. The van der Waals surface area contributed by atoms with Crippen LogP contribution in [0, 0.1) is 0 Å². The SMILES string of the molecule is CCCN1CCN(C(CO)c2ccc(OC)cc2OC)CC1. The van der Waals surface area contributed by atoms with Crippen molar-refractivity contribution in [1.82, 2.24) is 9.80 Å². The Labute approximate surface area is 133 Å². The molecule has 5 heteroatoms. The quantitative estimate of drug-likeness (QED) is 0.832. The Morgan fingerprint density at radius 1 is 1.14 bits per heavy atom. The summed E-state index contributed by atoms with van der Waals surface area (Å²) in [5, 5.41) is 9.91. The van der Waals surface area contributed by atoms with E-state index in [0.29, 0.717) is 0 Å².